The lowest BCUT2D eigenvalue weighted by atomic mass is 10.9. The van der Waals surface area contributed by atoms with Crippen LogP contribution in [0.1, 0.15) is 6.92 Å². The van der Waals surface area contributed by atoms with Gasteiger partial charge >= 0.3 is 0 Å². The van der Waals surface area contributed by atoms with Gasteiger partial charge in [-0.1, -0.05) is 0 Å². The third kappa shape index (κ3) is 60.1. The monoisotopic (exact) mass is 100.0 g/mol. The lowest BCUT2D eigenvalue weighted by Crippen LogP contribution is -1.62. The van der Waals surface area contributed by atoms with E-state index in [4.69, 9.17) is 0 Å². The first kappa shape index (κ1) is 9.25. The van der Waals surface area contributed by atoms with Crippen LogP contribution in [-0.4, -0.2) is 28.2 Å². The Hall–Kier alpha value is 0.786. The molecule has 5 heavy (non-hydrogen) atoms. The Morgan fingerprint density at radius 1 is 1.80 bits per heavy atom. The molecular weight excluding hydrogens is 96.4 g/mol. The summed E-state index contributed by atoms with van der Waals surface area (Å²) in [6, 6.07) is 0. The van der Waals surface area contributed by atoms with Gasteiger partial charge in [0.1, 0.15) is 0 Å². The fourth-order valence-corrected chi connectivity index (χ4v) is 0. The minimum atomic E-state index is -0.139. The standard InChI is InChI=1S/C2H4OS.Mg/c1-2(3)4;/h1H3,(H,3,4);. The van der Waals surface area contributed by atoms with E-state index in [-0.39, 0.29) is 28.2 Å². The molecule has 0 aromatic carbocycles. The Balaban J connectivity index is 0. The zero-order valence-corrected chi connectivity index (χ0v) is 5.37. The second-order valence-corrected chi connectivity index (χ2v) is 1.15. The van der Waals surface area contributed by atoms with E-state index in [1.807, 2.05) is 0 Å². The van der Waals surface area contributed by atoms with Gasteiger partial charge in [0, 0.05) is 30.0 Å². The highest BCUT2D eigenvalue weighted by Crippen LogP contribution is 1.66. The van der Waals surface area contributed by atoms with Gasteiger partial charge in [-0.3, -0.25) is 4.79 Å². The van der Waals surface area contributed by atoms with Crippen LogP contribution in [0.15, 0.2) is 0 Å². The molecule has 0 N–H and O–H groups in total. The maximum Gasteiger partial charge on any atom is 0.182 e. The summed E-state index contributed by atoms with van der Waals surface area (Å²) in [4.78, 5) is 9.31. The van der Waals surface area contributed by atoms with E-state index in [2.05, 4.69) is 12.6 Å². The summed E-state index contributed by atoms with van der Waals surface area (Å²) in [5.74, 6) is 0. The molecular formula is C2H4MgOS. The molecule has 0 spiro atoms. The predicted molar refractivity (Wildman–Crippen MR) is 25.4 cm³/mol. The van der Waals surface area contributed by atoms with Crippen molar-refractivity contribution in [2.45, 2.75) is 6.92 Å². The van der Waals surface area contributed by atoms with Crippen LogP contribution in [-0.2, 0) is 4.79 Å². The van der Waals surface area contributed by atoms with Gasteiger partial charge < -0.3 is 0 Å². The molecule has 1 nitrogen and oxygen atoms in total. The Bertz CT molecular complexity index is 32.6. The van der Waals surface area contributed by atoms with Crippen LogP contribution in [0.4, 0.5) is 0 Å². The van der Waals surface area contributed by atoms with Crippen LogP contribution in [0.5, 0.6) is 0 Å². The topological polar surface area (TPSA) is 17.1 Å². The van der Waals surface area contributed by atoms with Crippen molar-refractivity contribution in [3.8, 4) is 0 Å². The summed E-state index contributed by atoms with van der Waals surface area (Å²) in [5.41, 5.74) is 0. The molecule has 0 fully saturated rings. The Labute approximate surface area is 52.7 Å². The number of rotatable bonds is 0. The van der Waals surface area contributed by atoms with E-state index in [9.17, 15) is 4.79 Å². The molecule has 0 saturated carbocycles. The smallest absolute Gasteiger partial charge is 0.182 e. The maximum absolute atomic E-state index is 9.31. The first-order chi connectivity index (χ1) is 1.73. The summed E-state index contributed by atoms with van der Waals surface area (Å²) in [6.45, 7) is 1.39. The van der Waals surface area contributed by atoms with Crippen LogP contribution in [0.3, 0.4) is 0 Å². The highest BCUT2D eigenvalue weighted by Gasteiger charge is 1.63. The van der Waals surface area contributed by atoms with E-state index in [1.165, 1.54) is 6.92 Å². The fourth-order valence-electron chi connectivity index (χ4n) is 0. The molecule has 0 aliphatic rings. The Morgan fingerprint density at radius 2 is 1.80 bits per heavy atom. The third-order valence-electron chi connectivity index (χ3n) is 0. The second-order valence-electron chi connectivity index (χ2n) is 0.519. The van der Waals surface area contributed by atoms with Gasteiger partial charge in [0.05, 0.1) is 0 Å². The fraction of sp³-hybridized carbons (Fsp3) is 0.500. The molecule has 0 heterocycles. The molecule has 0 saturated heterocycles. The summed E-state index contributed by atoms with van der Waals surface area (Å²) in [5, 5.41) is -0.139. The van der Waals surface area contributed by atoms with E-state index in [0.29, 0.717) is 0 Å². The second kappa shape index (κ2) is 4.79. The summed E-state index contributed by atoms with van der Waals surface area (Å²) in [6.07, 6.45) is 0. The maximum atomic E-state index is 9.31. The minimum absolute atomic E-state index is 0. The molecule has 0 bridgehead atoms. The van der Waals surface area contributed by atoms with Crippen LogP contribution in [0.2, 0.25) is 0 Å². The lowest BCUT2D eigenvalue weighted by Gasteiger charge is -1.55. The van der Waals surface area contributed by atoms with Crippen molar-refractivity contribution >= 4 is 40.8 Å². The summed E-state index contributed by atoms with van der Waals surface area (Å²) >= 11 is 3.33. The van der Waals surface area contributed by atoms with Gasteiger partial charge in [0.25, 0.3) is 0 Å². The molecule has 0 aromatic rings. The number of carbonyl (C=O) groups is 1. The van der Waals surface area contributed by atoms with Crippen molar-refractivity contribution in [1.82, 2.24) is 0 Å². The average Bonchev–Trinajstić information content (AvgIpc) is 0.811. The predicted octanol–water partition coefficient (Wildman–Crippen LogP) is 0.0819. The molecule has 0 aliphatic heterocycles. The zero-order valence-electron chi connectivity index (χ0n) is 3.06. The van der Waals surface area contributed by atoms with Gasteiger partial charge in [0.2, 0.25) is 0 Å². The van der Waals surface area contributed by atoms with Crippen LogP contribution in [0.25, 0.3) is 0 Å². The van der Waals surface area contributed by atoms with Crippen molar-refractivity contribution in [3.05, 3.63) is 0 Å². The molecule has 2 radical (unpaired) electrons. The minimum Gasteiger partial charge on any atom is -0.288 e. The average molecular weight is 100 g/mol. The lowest BCUT2D eigenvalue weighted by molar-refractivity contribution is -0.108. The molecule has 0 atom stereocenters. The number of thiol groups is 1. The molecule has 0 aromatic heterocycles. The zero-order chi connectivity index (χ0) is 3.58. The van der Waals surface area contributed by atoms with Crippen molar-refractivity contribution in [2.24, 2.45) is 0 Å². The SMILES string of the molecule is CC(=O)S.[Mg]. The van der Waals surface area contributed by atoms with Crippen molar-refractivity contribution in [3.63, 3.8) is 0 Å². The summed E-state index contributed by atoms with van der Waals surface area (Å²) < 4.78 is 0. The van der Waals surface area contributed by atoms with Gasteiger partial charge in [-0.25, -0.2) is 0 Å². The molecule has 0 aliphatic carbocycles. The van der Waals surface area contributed by atoms with Gasteiger partial charge in [-0.2, -0.15) is 0 Å². The largest absolute Gasteiger partial charge is 0.288 e. The molecule has 0 rings (SSSR count). The van der Waals surface area contributed by atoms with E-state index >= 15 is 0 Å². The molecule has 0 amide bonds. The van der Waals surface area contributed by atoms with Gasteiger partial charge in [0.15, 0.2) is 5.12 Å². The van der Waals surface area contributed by atoms with E-state index in [0.717, 1.165) is 0 Å². The van der Waals surface area contributed by atoms with E-state index in [1.54, 1.807) is 0 Å². The van der Waals surface area contributed by atoms with Crippen LogP contribution in [0, 0.1) is 0 Å². The van der Waals surface area contributed by atoms with Crippen molar-refractivity contribution < 1.29 is 4.79 Å². The van der Waals surface area contributed by atoms with E-state index < -0.39 is 0 Å². The molecule has 3 heteroatoms. The summed E-state index contributed by atoms with van der Waals surface area (Å²) in [7, 11) is 0. The number of carbonyl (C=O) groups excluding carboxylic acids is 1. The quantitative estimate of drug-likeness (QED) is 0.337. The highest BCUT2D eigenvalue weighted by molar-refractivity contribution is 7.96. The van der Waals surface area contributed by atoms with Gasteiger partial charge in [-0.05, 0) is 0 Å². The Kier molecular flexibility index (Phi) is 8.85. The first-order valence-electron chi connectivity index (χ1n) is 0.928. The van der Waals surface area contributed by atoms with Crippen molar-refractivity contribution in [2.75, 3.05) is 0 Å². The molecule has 0 unspecified atom stereocenters. The highest BCUT2D eigenvalue weighted by atomic mass is 32.1. The van der Waals surface area contributed by atoms with Crippen LogP contribution >= 0.6 is 12.6 Å². The molecule has 26 valence electrons. The first-order valence-corrected chi connectivity index (χ1v) is 1.37. The van der Waals surface area contributed by atoms with Crippen molar-refractivity contribution in [1.29, 1.82) is 0 Å². The Morgan fingerprint density at radius 3 is 1.80 bits per heavy atom. The normalized spacial score (nSPS) is 5.20. The number of hydrogen-bond acceptors (Lipinski definition) is 1. The van der Waals surface area contributed by atoms with Crippen LogP contribution < -0.4 is 0 Å². The number of hydrogen-bond donors (Lipinski definition) is 1. The third-order valence-corrected chi connectivity index (χ3v) is 0. The van der Waals surface area contributed by atoms with Gasteiger partial charge in [-0.15, -0.1) is 12.6 Å².